The molecule has 1 aromatic heterocycles. The number of hydrogen-bond donors (Lipinski definition) is 3. The highest BCUT2D eigenvalue weighted by Crippen LogP contribution is 2.20. The first-order chi connectivity index (χ1) is 7.76. The molecule has 0 atom stereocenters. The zero-order valence-electron chi connectivity index (χ0n) is 8.90. The molecule has 6 heteroatoms. The van der Waals surface area contributed by atoms with Gasteiger partial charge in [-0.15, -0.1) is 0 Å². The van der Waals surface area contributed by atoms with Crippen molar-refractivity contribution in [2.75, 3.05) is 19.8 Å². The Kier molecular flexibility index (Phi) is 3.21. The fourth-order valence-corrected chi connectivity index (χ4v) is 1.77. The van der Waals surface area contributed by atoms with Gasteiger partial charge in [0.1, 0.15) is 0 Å². The van der Waals surface area contributed by atoms with Crippen LogP contribution in [0.25, 0.3) is 0 Å². The van der Waals surface area contributed by atoms with Crippen molar-refractivity contribution in [3.05, 3.63) is 18.0 Å². The van der Waals surface area contributed by atoms with Crippen molar-refractivity contribution in [2.45, 2.75) is 18.4 Å². The zero-order chi connectivity index (χ0) is 11.4. The van der Waals surface area contributed by atoms with Gasteiger partial charge in [0.25, 0.3) is 5.91 Å². The fraction of sp³-hybridized carbons (Fsp3) is 0.600. The maximum absolute atomic E-state index is 11.8. The lowest BCUT2D eigenvalue weighted by Gasteiger charge is -2.36. The average molecular weight is 225 g/mol. The average Bonchev–Trinajstić information content (AvgIpc) is 2.84. The first-order valence-corrected chi connectivity index (χ1v) is 5.26. The Morgan fingerprint density at radius 3 is 2.94 bits per heavy atom. The summed E-state index contributed by atoms with van der Waals surface area (Å²) in [5.74, 6) is -0.218. The van der Waals surface area contributed by atoms with Crippen LogP contribution in [-0.4, -0.2) is 46.6 Å². The Morgan fingerprint density at radius 2 is 2.38 bits per heavy atom. The number of aromatic amines is 1. The van der Waals surface area contributed by atoms with Crippen LogP contribution in [0.2, 0.25) is 0 Å². The molecule has 0 aromatic carbocycles. The first-order valence-electron chi connectivity index (χ1n) is 5.26. The summed E-state index contributed by atoms with van der Waals surface area (Å²) in [6, 6.07) is 0. The second-order valence-electron chi connectivity index (χ2n) is 3.99. The third-order valence-corrected chi connectivity index (χ3v) is 2.89. The molecule has 0 spiro atoms. The minimum Gasteiger partial charge on any atom is -0.394 e. The lowest BCUT2D eigenvalue weighted by Crippen LogP contribution is -2.54. The van der Waals surface area contributed by atoms with E-state index in [0.29, 0.717) is 31.6 Å². The minimum absolute atomic E-state index is 0.0695. The Bertz CT molecular complexity index is 344. The largest absolute Gasteiger partial charge is 0.394 e. The lowest BCUT2D eigenvalue weighted by molar-refractivity contribution is 0.0125. The fourth-order valence-electron chi connectivity index (χ4n) is 1.77. The summed E-state index contributed by atoms with van der Waals surface area (Å²) in [4.78, 5) is 11.8. The van der Waals surface area contributed by atoms with Gasteiger partial charge in [-0.1, -0.05) is 0 Å². The number of aliphatic hydroxyl groups is 1. The van der Waals surface area contributed by atoms with E-state index in [2.05, 4.69) is 15.5 Å². The number of carbonyl (C=O) groups excluding carboxylic acids is 1. The summed E-state index contributed by atoms with van der Waals surface area (Å²) in [5, 5.41) is 18.5. The molecule has 0 unspecified atom stereocenters. The molecule has 3 N–H and O–H groups in total. The lowest BCUT2D eigenvalue weighted by atomic mass is 9.90. The molecule has 6 nitrogen and oxygen atoms in total. The molecule has 0 saturated carbocycles. The molecule has 1 amide bonds. The number of aliphatic hydroxyl groups excluding tert-OH is 1. The summed E-state index contributed by atoms with van der Waals surface area (Å²) in [6.45, 7) is 1.05. The predicted octanol–water partition coefficient (Wildman–Crippen LogP) is -0.319. The second kappa shape index (κ2) is 4.63. The van der Waals surface area contributed by atoms with E-state index in [9.17, 15) is 9.90 Å². The first kappa shape index (κ1) is 11.1. The van der Waals surface area contributed by atoms with Crippen molar-refractivity contribution in [3.63, 3.8) is 0 Å². The van der Waals surface area contributed by atoms with Gasteiger partial charge >= 0.3 is 0 Å². The molecule has 1 aliphatic heterocycles. The molecular formula is C10H15N3O3. The number of nitrogens with zero attached hydrogens (tertiary/aromatic N) is 1. The van der Waals surface area contributed by atoms with Gasteiger partial charge in [0, 0.05) is 19.4 Å². The summed E-state index contributed by atoms with van der Waals surface area (Å²) >= 11 is 0. The number of hydrogen-bond acceptors (Lipinski definition) is 4. The molecule has 1 fully saturated rings. The maximum Gasteiger partial charge on any atom is 0.254 e. The Morgan fingerprint density at radius 1 is 1.62 bits per heavy atom. The van der Waals surface area contributed by atoms with Crippen LogP contribution in [-0.2, 0) is 4.74 Å². The summed E-state index contributed by atoms with van der Waals surface area (Å²) in [6.07, 6.45) is 4.25. The van der Waals surface area contributed by atoms with Gasteiger partial charge in [-0.3, -0.25) is 9.89 Å². The predicted molar refractivity (Wildman–Crippen MR) is 55.9 cm³/mol. The highest BCUT2D eigenvalue weighted by molar-refractivity contribution is 5.94. The second-order valence-corrected chi connectivity index (χ2v) is 3.99. The van der Waals surface area contributed by atoms with E-state index in [1.165, 1.54) is 12.4 Å². The highest BCUT2D eigenvalue weighted by atomic mass is 16.5. The number of H-pyrrole nitrogens is 1. The van der Waals surface area contributed by atoms with E-state index < -0.39 is 5.54 Å². The SMILES string of the molecule is O=C(NC1(CO)CCOCC1)c1cn[nH]c1. The Labute approximate surface area is 93.0 Å². The Balaban J connectivity index is 2.03. The van der Waals surface area contributed by atoms with Gasteiger partial charge in [0.15, 0.2) is 0 Å². The van der Waals surface area contributed by atoms with E-state index >= 15 is 0 Å². The Hall–Kier alpha value is -1.40. The molecule has 1 saturated heterocycles. The van der Waals surface area contributed by atoms with Gasteiger partial charge in [0.05, 0.1) is 23.9 Å². The topological polar surface area (TPSA) is 87.2 Å². The third-order valence-electron chi connectivity index (χ3n) is 2.89. The van der Waals surface area contributed by atoms with Gasteiger partial charge in [-0.05, 0) is 12.8 Å². The van der Waals surface area contributed by atoms with Gasteiger partial charge in [-0.25, -0.2) is 0 Å². The minimum atomic E-state index is -0.549. The van der Waals surface area contributed by atoms with E-state index in [1.807, 2.05) is 0 Å². The van der Waals surface area contributed by atoms with E-state index in [1.54, 1.807) is 0 Å². The molecule has 88 valence electrons. The van der Waals surface area contributed by atoms with E-state index in [4.69, 9.17) is 4.74 Å². The summed E-state index contributed by atoms with van der Waals surface area (Å²) < 4.78 is 5.22. The van der Waals surface area contributed by atoms with Gasteiger partial charge in [0.2, 0.25) is 0 Å². The van der Waals surface area contributed by atoms with Crippen LogP contribution in [0.15, 0.2) is 12.4 Å². The highest BCUT2D eigenvalue weighted by Gasteiger charge is 2.33. The number of rotatable bonds is 3. The van der Waals surface area contributed by atoms with Crippen molar-refractivity contribution in [2.24, 2.45) is 0 Å². The molecule has 16 heavy (non-hydrogen) atoms. The molecule has 1 aromatic rings. The van der Waals surface area contributed by atoms with Crippen LogP contribution in [0.5, 0.6) is 0 Å². The molecule has 2 heterocycles. The van der Waals surface area contributed by atoms with Crippen LogP contribution in [0.4, 0.5) is 0 Å². The van der Waals surface area contributed by atoms with Crippen LogP contribution in [0, 0.1) is 0 Å². The third kappa shape index (κ3) is 2.23. The van der Waals surface area contributed by atoms with Crippen LogP contribution < -0.4 is 5.32 Å². The van der Waals surface area contributed by atoms with Crippen LogP contribution >= 0.6 is 0 Å². The molecule has 0 radical (unpaired) electrons. The molecule has 2 rings (SSSR count). The molecule has 0 aliphatic carbocycles. The number of amides is 1. The van der Waals surface area contributed by atoms with Crippen LogP contribution in [0.1, 0.15) is 23.2 Å². The smallest absolute Gasteiger partial charge is 0.254 e. The van der Waals surface area contributed by atoms with E-state index in [-0.39, 0.29) is 12.5 Å². The number of nitrogens with one attached hydrogen (secondary N) is 2. The molecule has 1 aliphatic rings. The quantitative estimate of drug-likeness (QED) is 0.658. The number of ether oxygens (including phenoxy) is 1. The summed E-state index contributed by atoms with van der Waals surface area (Å²) in [5.41, 5.74) is -0.0774. The summed E-state index contributed by atoms with van der Waals surface area (Å²) in [7, 11) is 0. The van der Waals surface area contributed by atoms with Crippen molar-refractivity contribution in [3.8, 4) is 0 Å². The van der Waals surface area contributed by atoms with Crippen molar-refractivity contribution < 1.29 is 14.6 Å². The zero-order valence-corrected chi connectivity index (χ0v) is 8.90. The standard InChI is InChI=1S/C10H15N3O3/c14-7-10(1-3-16-4-2-10)13-9(15)8-5-11-12-6-8/h5-6,14H,1-4,7H2,(H,11,12)(H,13,15). The van der Waals surface area contributed by atoms with Crippen molar-refractivity contribution in [1.29, 1.82) is 0 Å². The van der Waals surface area contributed by atoms with Gasteiger partial charge < -0.3 is 15.2 Å². The normalized spacial score (nSPS) is 19.3. The number of aromatic nitrogens is 2. The van der Waals surface area contributed by atoms with Crippen molar-refractivity contribution in [1.82, 2.24) is 15.5 Å². The number of carbonyl (C=O) groups is 1. The van der Waals surface area contributed by atoms with E-state index in [0.717, 1.165) is 0 Å². The monoisotopic (exact) mass is 225 g/mol. The molecular weight excluding hydrogens is 210 g/mol. The van der Waals surface area contributed by atoms with Gasteiger partial charge in [-0.2, -0.15) is 5.10 Å². The van der Waals surface area contributed by atoms with Crippen molar-refractivity contribution >= 4 is 5.91 Å². The maximum atomic E-state index is 11.8. The molecule has 0 bridgehead atoms. The van der Waals surface area contributed by atoms with Crippen LogP contribution in [0.3, 0.4) is 0 Å².